The predicted octanol–water partition coefficient (Wildman–Crippen LogP) is 2.47. The summed E-state index contributed by atoms with van der Waals surface area (Å²) < 4.78 is 5.88. The third kappa shape index (κ3) is 2.83. The van der Waals surface area contributed by atoms with Gasteiger partial charge in [0.25, 0.3) is 5.91 Å². The molecule has 0 N–H and O–H groups in total. The normalized spacial score (nSPS) is 19.4. The molecule has 0 aliphatic carbocycles. The lowest BCUT2D eigenvalue weighted by Crippen LogP contribution is -2.45. The van der Waals surface area contributed by atoms with Gasteiger partial charge in [0, 0.05) is 16.6 Å². The molecule has 94 valence electrons. The van der Waals surface area contributed by atoms with Crippen molar-refractivity contribution in [3.8, 4) is 6.07 Å². The summed E-state index contributed by atoms with van der Waals surface area (Å²) in [5.41, 5.74) is 0.546. The van der Waals surface area contributed by atoms with Gasteiger partial charge in [-0.1, -0.05) is 11.6 Å². The standard InChI is InChI=1S/C12H10BrClN2O2/c13-10-5-8(1-2-11(10)14)12(17)16-3-4-18-9(6-15)7-16/h1-2,5,9H,3-4,7H2. The molecule has 2 rings (SSSR count). The van der Waals surface area contributed by atoms with Gasteiger partial charge in [-0.3, -0.25) is 4.79 Å². The third-order valence-corrected chi connectivity index (χ3v) is 3.88. The van der Waals surface area contributed by atoms with Crippen molar-refractivity contribution in [1.29, 1.82) is 5.26 Å². The maximum atomic E-state index is 12.2. The number of ether oxygens (including phenoxy) is 1. The number of halogens is 2. The van der Waals surface area contributed by atoms with E-state index in [2.05, 4.69) is 15.9 Å². The highest BCUT2D eigenvalue weighted by Crippen LogP contribution is 2.24. The number of carbonyl (C=O) groups is 1. The lowest BCUT2D eigenvalue weighted by molar-refractivity contribution is 0.00346. The SMILES string of the molecule is N#CC1CN(C(=O)c2ccc(Cl)c(Br)c2)CCO1. The van der Waals surface area contributed by atoms with Crippen LogP contribution >= 0.6 is 27.5 Å². The van der Waals surface area contributed by atoms with Crippen LogP contribution in [0.3, 0.4) is 0 Å². The van der Waals surface area contributed by atoms with Gasteiger partial charge in [0.05, 0.1) is 24.2 Å². The van der Waals surface area contributed by atoms with Gasteiger partial charge in [0.1, 0.15) is 0 Å². The number of morpholine rings is 1. The predicted molar refractivity (Wildman–Crippen MR) is 70.4 cm³/mol. The van der Waals surface area contributed by atoms with Crippen LogP contribution in [-0.2, 0) is 4.74 Å². The Morgan fingerprint density at radius 2 is 2.39 bits per heavy atom. The highest BCUT2D eigenvalue weighted by molar-refractivity contribution is 9.10. The molecule has 0 spiro atoms. The molecule has 1 atom stereocenters. The zero-order chi connectivity index (χ0) is 13.1. The quantitative estimate of drug-likeness (QED) is 0.795. The monoisotopic (exact) mass is 328 g/mol. The molecule has 0 bridgehead atoms. The first kappa shape index (κ1) is 13.3. The highest BCUT2D eigenvalue weighted by Gasteiger charge is 2.24. The Hall–Kier alpha value is -1.09. The topological polar surface area (TPSA) is 53.3 Å². The minimum atomic E-state index is -0.543. The van der Waals surface area contributed by atoms with E-state index in [1.165, 1.54) is 0 Å². The molecular weight excluding hydrogens is 320 g/mol. The summed E-state index contributed by atoms with van der Waals surface area (Å²) in [6.45, 7) is 1.19. The van der Waals surface area contributed by atoms with E-state index in [1.807, 2.05) is 6.07 Å². The lowest BCUT2D eigenvalue weighted by Gasteiger charge is -2.29. The molecule has 4 nitrogen and oxygen atoms in total. The van der Waals surface area contributed by atoms with Crippen molar-refractivity contribution < 1.29 is 9.53 Å². The van der Waals surface area contributed by atoms with Crippen LogP contribution in [-0.4, -0.2) is 36.6 Å². The van der Waals surface area contributed by atoms with Crippen molar-refractivity contribution in [2.75, 3.05) is 19.7 Å². The van der Waals surface area contributed by atoms with Gasteiger partial charge < -0.3 is 9.64 Å². The van der Waals surface area contributed by atoms with Crippen LogP contribution in [0.1, 0.15) is 10.4 Å². The number of amides is 1. The van der Waals surface area contributed by atoms with Gasteiger partial charge in [-0.05, 0) is 34.1 Å². The van der Waals surface area contributed by atoms with Crippen LogP contribution in [0.4, 0.5) is 0 Å². The third-order valence-electron chi connectivity index (χ3n) is 2.66. The van der Waals surface area contributed by atoms with Crippen LogP contribution in [0.25, 0.3) is 0 Å². The Bertz CT molecular complexity index is 515. The van der Waals surface area contributed by atoms with E-state index in [4.69, 9.17) is 21.6 Å². The average Bonchev–Trinajstić information content (AvgIpc) is 2.41. The molecule has 1 aliphatic rings. The first-order valence-electron chi connectivity index (χ1n) is 5.37. The maximum absolute atomic E-state index is 12.2. The fourth-order valence-electron chi connectivity index (χ4n) is 1.72. The van der Waals surface area contributed by atoms with Gasteiger partial charge in [0.2, 0.25) is 0 Å². The van der Waals surface area contributed by atoms with E-state index in [9.17, 15) is 4.79 Å². The largest absolute Gasteiger partial charge is 0.360 e. The molecule has 6 heteroatoms. The average molecular weight is 330 g/mol. The van der Waals surface area contributed by atoms with E-state index in [-0.39, 0.29) is 5.91 Å². The second-order valence-electron chi connectivity index (χ2n) is 3.87. The summed E-state index contributed by atoms with van der Waals surface area (Å²) in [6.07, 6.45) is -0.543. The molecule has 18 heavy (non-hydrogen) atoms. The Labute approximate surface area is 118 Å². The number of hydrogen-bond acceptors (Lipinski definition) is 3. The van der Waals surface area contributed by atoms with Crippen LogP contribution in [0.15, 0.2) is 22.7 Å². The fraction of sp³-hybridized carbons (Fsp3) is 0.333. The van der Waals surface area contributed by atoms with Gasteiger partial charge in [-0.2, -0.15) is 5.26 Å². The molecule has 1 amide bonds. The summed E-state index contributed by atoms with van der Waals surface area (Å²) in [4.78, 5) is 13.8. The van der Waals surface area contributed by atoms with Gasteiger partial charge in [-0.25, -0.2) is 0 Å². The smallest absolute Gasteiger partial charge is 0.254 e. The molecule has 0 radical (unpaired) electrons. The molecular formula is C12H10BrClN2O2. The second kappa shape index (κ2) is 5.70. The molecule has 1 fully saturated rings. The Morgan fingerprint density at radius 3 is 3.06 bits per heavy atom. The van der Waals surface area contributed by atoms with Crippen LogP contribution in [0.2, 0.25) is 5.02 Å². The first-order chi connectivity index (χ1) is 8.61. The summed E-state index contributed by atoms with van der Waals surface area (Å²) in [6, 6.07) is 7.04. The Kier molecular flexibility index (Phi) is 4.23. The Balaban J connectivity index is 2.15. The van der Waals surface area contributed by atoms with Crippen molar-refractivity contribution in [3.05, 3.63) is 33.3 Å². The zero-order valence-corrected chi connectivity index (χ0v) is 11.7. The number of benzene rings is 1. The van der Waals surface area contributed by atoms with Gasteiger partial charge >= 0.3 is 0 Å². The van der Waals surface area contributed by atoms with E-state index >= 15 is 0 Å². The summed E-state index contributed by atoms with van der Waals surface area (Å²) in [5, 5.41) is 9.36. The number of rotatable bonds is 1. The van der Waals surface area contributed by atoms with Crippen molar-refractivity contribution in [2.24, 2.45) is 0 Å². The van der Waals surface area contributed by atoms with E-state index in [0.29, 0.717) is 34.8 Å². The Morgan fingerprint density at radius 1 is 1.61 bits per heavy atom. The molecule has 1 aromatic rings. The molecule has 1 heterocycles. The number of nitrogens with zero attached hydrogens (tertiary/aromatic N) is 2. The summed E-state index contributed by atoms with van der Waals surface area (Å²) in [5.74, 6) is -0.115. The fourth-order valence-corrected chi connectivity index (χ4v) is 2.22. The summed E-state index contributed by atoms with van der Waals surface area (Å²) in [7, 11) is 0. The maximum Gasteiger partial charge on any atom is 0.254 e. The van der Waals surface area contributed by atoms with Gasteiger partial charge in [-0.15, -0.1) is 0 Å². The molecule has 1 unspecified atom stereocenters. The molecule has 1 aliphatic heterocycles. The van der Waals surface area contributed by atoms with E-state index in [1.54, 1.807) is 23.1 Å². The molecule has 1 aromatic carbocycles. The van der Waals surface area contributed by atoms with E-state index in [0.717, 1.165) is 0 Å². The lowest BCUT2D eigenvalue weighted by atomic mass is 10.2. The highest BCUT2D eigenvalue weighted by atomic mass is 79.9. The molecule has 0 aromatic heterocycles. The van der Waals surface area contributed by atoms with Crippen molar-refractivity contribution in [3.63, 3.8) is 0 Å². The number of hydrogen-bond donors (Lipinski definition) is 0. The zero-order valence-electron chi connectivity index (χ0n) is 9.40. The van der Waals surface area contributed by atoms with Crippen LogP contribution < -0.4 is 0 Å². The minimum absolute atomic E-state index is 0.115. The first-order valence-corrected chi connectivity index (χ1v) is 6.54. The number of carbonyl (C=O) groups excluding carboxylic acids is 1. The number of nitriles is 1. The van der Waals surface area contributed by atoms with Crippen molar-refractivity contribution in [1.82, 2.24) is 4.90 Å². The van der Waals surface area contributed by atoms with Crippen molar-refractivity contribution in [2.45, 2.75) is 6.10 Å². The molecule has 0 saturated carbocycles. The van der Waals surface area contributed by atoms with Crippen LogP contribution in [0.5, 0.6) is 0 Å². The second-order valence-corrected chi connectivity index (χ2v) is 5.13. The van der Waals surface area contributed by atoms with E-state index < -0.39 is 6.10 Å². The molecule has 1 saturated heterocycles. The van der Waals surface area contributed by atoms with Crippen molar-refractivity contribution >= 4 is 33.4 Å². The van der Waals surface area contributed by atoms with Gasteiger partial charge in [0.15, 0.2) is 6.10 Å². The summed E-state index contributed by atoms with van der Waals surface area (Å²) >= 11 is 9.17. The van der Waals surface area contributed by atoms with Crippen LogP contribution in [0, 0.1) is 11.3 Å². The minimum Gasteiger partial charge on any atom is -0.360 e.